The van der Waals surface area contributed by atoms with Crippen molar-refractivity contribution < 1.29 is 4.79 Å². The van der Waals surface area contributed by atoms with Gasteiger partial charge in [-0.15, -0.1) is 0 Å². The van der Waals surface area contributed by atoms with E-state index in [2.05, 4.69) is 42.4 Å². The molecule has 1 amide bonds. The molecule has 110 valence electrons. The highest BCUT2D eigenvalue weighted by Crippen LogP contribution is 2.31. The van der Waals surface area contributed by atoms with Crippen molar-refractivity contribution in [2.24, 2.45) is 0 Å². The van der Waals surface area contributed by atoms with E-state index in [-0.39, 0.29) is 0 Å². The molecule has 4 heteroatoms. The third kappa shape index (κ3) is 3.11. The molecule has 0 aromatic carbocycles. The molecule has 2 rings (SSSR count). The molecule has 0 N–H and O–H groups in total. The maximum atomic E-state index is 12.4. The van der Waals surface area contributed by atoms with Crippen molar-refractivity contribution in [3.63, 3.8) is 0 Å². The van der Waals surface area contributed by atoms with Crippen LogP contribution in [0.4, 0.5) is 0 Å². The zero-order valence-electron chi connectivity index (χ0n) is 13.1. The quantitative estimate of drug-likeness (QED) is 0.770. The number of rotatable bonds is 4. The highest BCUT2D eigenvalue weighted by atomic mass is 16.2. The first kappa shape index (κ1) is 14.8. The molecule has 0 aromatic rings. The number of fused-ring (bicyclic) bond motifs is 2. The Kier molecular flexibility index (Phi) is 4.51. The van der Waals surface area contributed by atoms with Gasteiger partial charge in [0.2, 0.25) is 5.91 Å². The lowest BCUT2D eigenvalue weighted by molar-refractivity contribution is -0.136. The van der Waals surface area contributed by atoms with Crippen LogP contribution in [0.15, 0.2) is 0 Å². The molecule has 2 fully saturated rings. The van der Waals surface area contributed by atoms with Gasteiger partial charge in [0.1, 0.15) is 0 Å². The van der Waals surface area contributed by atoms with Crippen LogP contribution in [-0.4, -0.2) is 71.5 Å². The van der Waals surface area contributed by atoms with Crippen LogP contribution < -0.4 is 0 Å². The van der Waals surface area contributed by atoms with Crippen molar-refractivity contribution in [1.82, 2.24) is 14.7 Å². The Bertz CT molecular complexity index is 315. The Morgan fingerprint density at radius 3 is 2.11 bits per heavy atom. The van der Waals surface area contributed by atoms with Crippen molar-refractivity contribution in [2.45, 2.75) is 64.7 Å². The Labute approximate surface area is 117 Å². The SMILES string of the molecule is CC(C)N(C)CC(=O)N1CC2CCC(C1)N2C(C)C. The molecule has 2 atom stereocenters. The molecule has 0 aromatic heterocycles. The third-order valence-corrected chi connectivity index (χ3v) is 4.75. The van der Waals surface area contributed by atoms with Gasteiger partial charge < -0.3 is 4.90 Å². The minimum Gasteiger partial charge on any atom is -0.338 e. The van der Waals surface area contributed by atoms with Gasteiger partial charge in [-0.1, -0.05) is 0 Å². The van der Waals surface area contributed by atoms with Crippen LogP contribution in [0, 0.1) is 0 Å². The van der Waals surface area contributed by atoms with Gasteiger partial charge in [0.25, 0.3) is 0 Å². The normalized spacial score (nSPS) is 27.9. The van der Waals surface area contributed by atoms with Crippen LogP contribution in [0.25, 0.3) is 0 Å². The largest absolute Gasteiger partial charge is 0.338 e. The van der Waals surface area contributed by atoms with Gasteiger partial charge in [-0.25, -0.2) is 0 Å². The molecule has 2 aliphatic rings. The standard InChI is InChI=1S/C15H29N3O/c1-11(2)16(5)10-15(19)17-8-13-6-7-14(9-17)18(13)12(3)4/h11-14H,6-10H2,1-5H3. The van der Waals surface area contributed by atoms with E-state index in [1.54, 1.807) is 0 Å². The van der Waals surface area contributed by atoms with Crippen LogP contribution in [-0.2, 0) is 4.79 Å². The van der Waals surface area contributed by atoms with E-state index in [0.717, 1.165) is 13.1 Å². The second kappa shape index (κ2) is 5.80. The maximum Gasteiger partial charge on any atom is 0.236 e. The zero-order valence-corrected chi connectivity index (χ0v) is 13.1. The summed E-state index contributed by atoms with van der Waals surface area (Å²) in [5, 5.41) is 0. The monoisotopic (exact) mass is 267 g/mol. The lowest BCUT2D eigenvalue weighted by atomic mass is 10.1. The molecule has 19 heavy (non-hydrogen) atoms. The molecule has 0 radical (unpaired) electrons. The Balaban J connectivity index is 1.93. The average Bonchev–Trinajstić information content (AvgIpc) is 2.60. The van der Waals surface area contributed by atoms with E-state index in [0.29, 0.717) is 36.6 Å². The van der Waals surface area contributed by atoms with E-state index in [1.807, 2.05) is 7.05 Å². The van der Waals surface area contributed by atoms with Gasteiger partial charge >= 0.3 is 0 Å². The number of nitrogens with zero attached hydrogens (tertiary/aromatic N) is 3. The summed E-state index contributed by atoms with van der Waals surface area (Å²) in [5.74, 6) is 0.302. The van der Waals surface area contributed by atoms with Crippen LogP contribution in [0.1, 0.15) is 40.5 Å². The minimum atomic E-state index is 0.302. The fraction of sp³-hybridized carbons (Fsp3) is 0.933. The maximum absolute atomic E-state index is 12.4. The molecule has 2 unspecified atom stereocenters. The van der Waals surface area contributed by atoms with Gasteiger partial charge in [-0.2, -0.15) is 0 Å². The predicted octanol–water partition coefficient (Wildman–Crippen LogP) is 1.41. The summed E-state index contributed by atoms with van der Waals surface area (Å²) in [6.45, 7) is 11.2. The predicted molar refractivity (Wildman–Crippen MR) is 78.1 cm³/mol. The second-order valence-electron chi connectivity index (χ2n) is 6.73. The molecule has 0 spiro atoms. The van der Waals surface area contributed by atoms with E-state index >= 15 is 0 Å². The number of hydrogen-bond donors (Lipinski definition) is 0. The van der Waals surface area contributed by atoms with Crippen LogP contribution >= 0.6 is 0 Å². The van der Waals surface area contributed by atoms with Crippen LogP contribution in [0.2, 0.25) is 0 Å². The van der Waals surface area contributed by atoms with Crippen LogP contribution in [0.5, 0.6) is 0 Å². The first-order chi connectivity index (χ1) is 8.90. The fourth-order valence-electron chi connectivity index (χ4n) is 3.48. The Morgan fingerprint density at radius 2 is 1.68 bits per heavy atom. The van der Waals surface area contributed by atoms with Crippen LogP contribution in [0.3, 0.4) is 0 Å². The Hall–Kier alpha value is -0.610. The molecule has 2 heterocycles. The summed E-state index contributed by atoms with van der Waals surface area (Å²) in [7, 11) is 2.03. The van der Waals surface area contributed by atoms with E-state index in [4.69, 9.17) is 0 Å². The number of piperazine rings is 1. The van der Waals surface area contributed by atoms with Gasteiger partial charge in [0.15, 0.2) is 0 Å². The molecular formula is C15H29N3O. The van der Waals surface area contributed by atoms with Crippen molar-refractivity contribution >= 4 is 5.91 Å². The molecule has 2 bridgehead atoms. The van der Waals surface area contributed by atoms with Gasteiger partial charge in [-0.3, -0.25) is 14.6 Å². The lowest BCUT2D eigenvalue weighted by Gasteiger charge is -2.43. The van der Waals surface area contributed by atoms with Gasteiger partial charge in [0.05, 0.1) is 6.54 Å². The van der Waals surface area contributed by atoms with E-state index in [9.17, 15) is 4.79 Å². The minimum absolute atomic E-state index is 0.302. The number of carbonyl (C=O) groups is 1. The molecule has 2 saturated heterocycles. The van der Waals surface area contributed by atoms with Crippen molar-refractivity contribution in [3.8, 4) is 0 Å². The summed E-state index contributed by atoms with van der Waals surface area (Å²) < 4.78 is 0. The lowest BCUT2D eigenvalue weighted by Crippen LogP contribution is -2.58. The van der Waals surface area contributed by atoms with E-state index < -0.39 is 0 Å². The number of hydrogen-bond acceptors (Lipinski definition) is 3. The molecular weight excluding hydrogens is 238 g/mol. The van der Waals surface area contributed by atoms with Crippen molar-refractivity contribution in [3.05, 3.63) is 0 Å². The van der Waals surface area contributed by atoms with E-state index in [1.165, 1.54) is 12.8 Å². The molecule has 0 saturated carbocycles. The Morgan fingerprint density at radius 1 is 1.16 bits per heavy atom. The summed E-state index contributed by atoms with van der Waals surface area (Å²) >= 11 is 0. The molecule has 4 nitrogen and oxygen atoms in total. The highest BCUT2D eigenvalue weighted by molar-refractivity contribution is 5.78. The van der Waals surface area contributed by atoms with Crippen molar-refractivity contribution in [2.75, 3.05) is 26.7 Å². The summed E-state index contributed by atoms with van der Waals surface area (Å²) in [5.41, 5.74) is 0. The number of likely N-dealkylation sites (tertiary alicyclic amines) is 1. The highest BCUT2D eigenvalue weighted by Gasteiger charge is 2.42. The summed E-state index contributed by atoms with van der Waals surface area (Å²) in [6, 6.07) is 2.21. The summed E-state index contributed by atoms with van der Waals surface area (Å²) in [6.07, 6.45) is 2.51. The first-order valence-corrected chi connectivity index (χ1v) is 7.65. The molecule has 0 aliphatic carbocycles. The smallest absolute Gasteiger partial charge is 0.236 e. The number of likely N-dealkylation sites (N-methyl/N-ethyl adjacent to an activating group) is 1. The second-order valence-corrected chi connectivity index (χ2v) is 6.73. The number of carbonyl (C=O) groups excluding carboxylic acids is 1. The summed E-state index contributed by atoms with van der Waals surface area (Å²) in [4.78, 5) is 19.2. The van der Waals surface area contributed by atoms with Crippen molar-refractivity contribution in [1.29, 1.82) is 0 Å². The topological polar surface area (TPSA) is 26.8 Å². The third-order valence-electron chi connectivity index (χ3n) is 4.75. The number of amides is 1. The zero-order chi connectivity index (χ0) is 14.2. The first-order valence-electron chi connectivity index (χ1n) is 7.65. The van der Waals surface area contributed by atoms with Gasteiger partial charge in [0, 0.05) is 37.3 Å². The average molecular weight is 267 g/mol. The van der Waals surface area contributed by atoms with Gasteiger partial charge in [-0.05, 0) is 47.6 Å². The molecule has 2 aliphatic heterocycles. The fourth-order valence-corrected chi connectivity index (χ4v) is 3.48.